The molecular formula is C137H234N2O4. The lowest BCUT2D eigenvalue weighted by Crippen LogP contribution is -2.36. The first-order chi connectivity index (χ1) is 62.4. The highest BCUT2D eigenvalue weighted by atomic mass is 16.5. The summed E-state index contributed by atoms with van der Waals surface area (Å²) in [5.74, 6) is 4.82. The van der Waals surface area contributed by atoms with Crippen LogP contribution in [0, 0.1) is 40.4 Å². The van der Waals surface area contributed by atoms with Crippen LogP contribution in [-0.2, 0) is 65.0 Å². The zero-order chi connectivity index (χ0) is 111. The Kier molecular flexibility index (Phi) is 56.9. The summed E-state index contributed by atoms with van der Waals surface area (Å²) in [6, 6.07) is 60.3. The van der Waals surface area contributed by atoms with Crippen LogP contribution in [-0.4, -0.2) is 32.9 Å². The quantitative estimate of drug-likeness (QED) is 0.114. The summed E-state index contributed by atoms with van der Waals surface area (Å²) >= 11 is 0. The van der Waals surface area contributed by atoms with Crippen molar-refractivity contribution < 1.29 is 18.9 Å². The highest BCUT2D eigenvalue weighted by Gasteiger charge is 2.40. The van der Waals surface area contributed by atoms with Gasteiger partial charge in [-0.3, -0.25) is 0 Å². The Morgan fingerprint density at radius 2 is 0.462 bits per heavy atom. The van der Waals surface area contributed by atoms with Crippen molar-refractivity contribution in [1.82, 2.24) is 9.97 Å². The van der Waals surface area contributed by atoms with Crippen LogP contribution in [0.4, 0.5) is 0 Å². The summed E-state index contributed by atoms with van der Waals surface area (Å²) in [4.78, 5) is 8.81. The minimum Gasteiger partial charge on any atom is -0.491 e. The maximum absolute atomic E-state index is 5.96. The summed E-state index contributed by atoms with van der Waals surface area (Å²) in [7, 11) is 0. The number of benzene rings is 6. The first-order valence-electron chi connectivity index (χ1n) is 53.0. The van der Waals surface area contributed by atoms with E-state index in [2.05, 4.69) is 535 Å². The molecule has 6 heteroatoms. The molecule has 0 N–H and O–H groups in total. The Balaban J connectivity index is -0.000000498. The summed E-state index contributed by atoms with van der Waals surface area (Å²) in [5.41, 5.74) is 20.4. The van der Waals surface area contributed by atoms with E-state index in [0.717, 1.165) is 40.1 Å². The van der Waals surface area contributed by atoms with E-state index in [-0.39, 0.29) is 121 Å². The number of pyridine rings is 2. The molecule has 0 bridgehead atoms. The minimum absolute atomic E-state index is 0. The molecule has 0 aliphatic heterocycles. The number of nitrogens with zero attached hydrogens (tertiary/aromatic N) is 2. The average Bonchev–Trinajstić information content (AvgIpc) is 0.764. The minimum atomic E-state index is -0.208. The summed E-state index contributed by atoms with van der Waals surface area (Å²) in [5, 5.41) is 0. The number of aromatic nitrogens is 2. The van der Waals surface area contributed by atoms with Crippen molar-refractivity contribution in [2.45, 2.75) is 539 Å². The topological polar surface area (TPSA) is 62.7 Å². The van der Waals surface area contributed by atoms with E-state index in [4.69, 9.17) is 18.9 Å². The van der Waals surface area contributed by atoms with Crippen LogP contribution in [0.2, 0.25) is 0 Å². The summed E-state index contributed by atoms with van der Waals surface area (Å²) in [6.45, 7) is 138. The second kappa shape index (κ2) is 56.6. The third-order valence-corrected chi connectivity index (χ3v) is 26.0. The molecule has 8 rings (SSSR count). The summed E-state index contributed by atoms with van der Waals surface area (Å²) in [6.07, 6.45) is 10.7. The van der Waals surface area contributed by atoms with Gasteiger partial charge >= 0.3 is 0 Å². The lowest BCUT2D eigenvalue weighted by molar-refractivity contribution is 0.120. The van der Waals surface area contributed by atoms with Crippen LogP contribution in [0.25, 0.3) is 0 Å². The van der Waals surface area contributed by atoms with Gasteiger partial charge in [-0.25, -0.2) is 9.97 Å². The van der Waals surface area contributed by atoms with Gasteiger partial charge in [0, 0.05) is 23.0 Å². The van der Waals surface area contributed by atoms with Crippen molar-refractivity contribution >= 4 is 0 Å². The molecule has 8 aromatic rings. The molecule has 2 heterocycles. The van der Waals surface area contributed by atoms with Gasteiger partial charge in [0.15, 0.2) is 0 Å². The fraction of sp³-hybridized carbons (Fsp3) is 0.635. The lowest BCUT2D eigenvalue weighted by atomic mass is 9.62. The van der Waals surface area contributed by atoms with Crippen LogP contribution in [0.5, 0.6) is 23.3 Å². The molecule has 0 aliphatic rings. The Hall–Kier alpha value is -7.70. The molecule has 0 atom stereocenters. The van der Waals surface area contributed by atoms with E-state index >= 15 is 0 Å². The molecule has 6 nitrogen and oxygen atoms in total. The van der Waals surface area contributed by atoms with Crippen LogP contribution >= 0.6 is 0 Å². The van der Waals surface area contributed by atoms with Crippen molar-refractivity contribution in [3.63, 3.8) is 0 Å². The van der Waals surface area contributed by atoms with E-state index in [1.807, 2.05) is 98.7 Å². The maximum atomic E-state index is 5.96. The van der Waals surface area contributed by atoms with E-state index in [1.54, 1.807) is 6.20 Å². The van der Waals surface area contributed by atoms with Crippen LogP contribution < -0.4 is 18.9 Å². The molecule has 0 spiro atoms. The monoisotopic (exact) mass is 1970 g/mol. The van der Waals surface area contributed by atoms with Gasteiger partial charge in [-0.15, -0.1) is 0 Å². The third kappa shape index (κ3) is 52.2. The number of ether oxygens (including phenoxy) is 4. The second-order valence-electron chi connectivity index (χ2n) is 57.1. The number of rotatable bonds is 12. The average molecular weight is 1970 g/mol. The number of hydrogen-bond acceptors (Lipinski definition) is 6. The van der Waals surface area contributed by atoms with E-state index in [1.165, 1.54) is 55.6 Å². The molecule has 2 aromatic heterocycles. The van der Waals surface area contributed by atoms with Gasteiger partial charge in [0.2, 0.25) is 11.8 Å². The molecule has 6 aromatic carbocycles. The SMILES string of the molecule is C.C.C.CC.CC(C)(C)/C=C\C=C/C(C)(C)C.CC(C)(C)Oc1ccccc1C(C)(C)C.CC(C)(C)Oc1ncccc1C(C)(C)C.CC(C)(C)c1ccccc1C(C)(C)C(C)(C)C.CC(C)(C)c1ccccc1C(C)(C)C(C)(C)C.CC(C)C(C)(C)c1ccccc1C(C)(C)C.CC(C)C(C)(C)c1ccccc1C(C)(C)C.CC(C)Oc1ccccc1C(C)(C)C.Cc1ccc(C(C)(C)C)c(OC(C)(C)C)n1. The Morgan fingerprint density at radius 3 is 0.713 bits per heavy atom. The van der Waals surface area contributed by atoms with Crippen molar-refractivity contribution in [3.05, 3.63) is 273 Å². The van der Waals surface area contributed by atoms with Crippen molar-refractivity contribution in [2.24, 2.45) is 33.5 Å². The predicted molar refractivity (Wildman–Crippen MR) is 648 cm³/mol. The predicted octanol–water partition coefficient (Wildman–Crippen LogP) is 42.9. The largest absolute Gasteiger partial charge is 0.491 e. The van der Waals surface area contributed by atoms with Gasteiger partial charge in [-0.1, -0.05) is 538 Å². The molecule has 0 saturated heterocycles. The molecule has 0 radical (unpaired) electrons. The smallest absolute Gasteiger partial charge is 0.217 e. The molecule has 0 fully saturated rings. The van der Waals surface area contributed by atoms with Crippen molar-refractivity contribution in [1.29, 1.82) is 0 Å². The van der Waals surface area contributed by atoms with Gasteiger partial charge in [0.25, 0.3) is 0 Å². The van der Waals surface area contributed by atoms with Gasteiger partial charge in [0.1, 0.15) is 28.3 Å². The van der Waals surface area contributed by atoms with Crippen LogP contribution in [0.15, 0.2) is 200 Å². The van der Waals surface area contributed by atoms with E-state index < -0.39 is 0 Å². The Bertz CT molecular complexity index is 4700. The molecule has 816 valence electrons. The highest BCUT2D eigenvalue weighted by Crippen LogP contribution is 2.48. The van der Waals surface area contributed by atoms with Crippen molar-refractivity contribution in [3.8, 4) is 23.3 Å². The molecule has 0 aliphatic carbocycles. The first-order valence-corrected chi connectivity index (χ1v) is 53.0. The van der Waals surface area contributed by atoms with Crippen LogP contribution in [0.1, 0.15) is 517 Å². The van der Waals surface area contributed by atoms with Gasteiger partial charge in [-0.05, 0) is 261 Å². The molecule has 0 amide bonds. The van der Waals surface area contributed by atoms with Gasteiger partial charge in [-0.2, -0.15) is 0 Å². The van der Waals surface area contributed by atoms with E-state index in [9.17, 15) is 0 Å². The number of hydrogen-bond donors (Lipinski definition) is 0. The van der Waals surface area contributed by atoms with Gasteiger partial charge < -0.3 is 18.9 Å². The zero-order valence-corrected chi connectivity index (χ0v) is 103. The fourth-order valence-corrected chi connectivity index (χ4v) is 14.6. The zero-order valence-electron chi connectivity index (χ0n) is 103. The Labute approximate surface area is 892 Å². The molecule has 0 saturated carbocycles. The number of allylic oxidation sites excluding steroid dienone is 4. The molecule has 143 heavy (non-hydrogen) atoms. The summed E-state index contributed by atoms with van der Waals surface area (Å²) < 4.78 is 23.5. The standard InChI is InChI=1S/2C17H28.2C16H26.C14H23NO.C14H22O.C13H21NO.C13H20O.C12H22.C2H6.3CH4/c2*1-15(2,3)13-11-9-10-12-14(13)17(7,8)16(4,5)6;2*1-12(2)16(6,7)14-11-9-8-10-13(14)15(3,4)5;1-10-8-9-11(13(2,3)4)12(15-10)16-14(5,6)7;1-13(2,3)11-9-7-8-10-12(11)15-14(4,5)6;1-12(2,3)10-8-7-9-14-11(10)15-13(4,5)6;1-10(2)14-12-9-7-6-8-11(12)13(3,4)5;1-11(2,3)9-7-8-10-12(4,5)6;1-2;;;/h2*9-12H,1-8H3;2*8-12H,1-7H3;8-9H,1-7H3;7-10H,1-6H3;7-9H,1-6H3;6-10H,1-5H3;7-10H,1-6H3;1-2H3;3*1H4/b;;;;;;;;9-7-,10-8-;;;;. The number of aryl methyl sites for hydroxylation is 1. The van der Waals surface area contributed by atoms with E-state index in [0.29, 0.717) is 22.7 Å². The second-order valence-corrected chi connectivity index (χ2v) is 57.1. The third-order valence-electron chi connectivity index (χ3n) is 26.0. The lowest BCUT2D eigenvalue weighted by Gasteiger charge is -2.42. The highest BCUT2D eigenvalue weighted by molar-refractivity contribution is 5.45. The Morgan fingerprint density at radius 1 is 0.238 bits per heavy atom. The number of para-hydroxylation sites is 2. The maximum Gasteiger partial charge on any atom is 0.217 e. The first kappa shape index (κ1) is 144. The van der Waals surface area contributed by atoms with Crippen molar-refractivity contribution in [2.75, 3.05) is 0 Å². The van der Waals surface area contributed by atoms with Gasteiger partial charge in [0.05, 0.1) is 6.10 Å². The normalized spacial score (nSPS) is 12.8. The fourth-order valence-electron chi connectivity index (χ4n) is 14.6. The molecular weight excluding hydrogens is 1740 g/mol. The molecule has 0 unspecified atom stereocenters. The van der Waals surface area contributed by atoms with Crippen LogP contribution in [0.3, 0.4) is 0 Å².